The number of aldehydes is 1. The van der Waals surface area contributed by atoms with Crippen molar-refractivity contribution >= 4 is 6.29 Å². The summed E-state index contributed by atoms with van der Waals surface area (Å²) >= 11 is 0. The lowest BCUT2D eigenvalue weighted by molar-refractivity contribution is 0.112. The summed E-state index contributed by atoms with van der Waals surface area (Å²) < 4.78 is 16.8. The summed E-state index contributed by atoms with van der Waals surface area (Å²) in [6.45, 7) is 2.61. The van der Waals surface area contributed by atoms with E-state index in [9.17, 15) is 4.79 Å². The molecule has 1 heterocycles. The Labute approximate surface area is 139 Å². The summed E-state index contributed by atoms with van der Waals surface area (Å²) in [5.74, 6) is 1.65. The fourth-order valence-corrected chi connectivity index (χ4v) is 2.22. The maximum atomic E-state index is 10.9. The van der Waals surface area contributed by atoms with Crippen LogP contribution in [-0.4, -0.2) is 17.9 Å². The number of rotatable bonds is 7. The molecule has 3 aromatic rings. The van der Waals surface area contributed by atoms with Crippen LogP contribution in [-0.2, 0) is 6.61 Å². The van der Waals surface area contributed by atoms with E-state index in [-0.39, 0.29) is 6.61 Å². The minimum Gasteiger partial charge on any atom is -0.490 e. The zero-order valence-electron chi connectivity index (χ0n) is 13.3. The number of nitrogens with zero attached hydrogens (tertiary/aromatic N) is 1. The number of aromatic nitrogens is 1. The molecule has 0 N–H and O–H groups in total. The normalized spacial score (nSPS) is 10.4. The first-order valence-corrected chi connectivity index (χ1v) is 7.65. The standard InChI is InChI=1S/C19H17NO4/c1-2-22-18-10-14(11-21)8-9-17(18)23-12-16-13-24-19(20-16)15-6-4-3-5-7-15/h3-11,13H,2,12H2,1H3. The summed E-state index contributed by atoms with van der Waals surface area (Å²) in [5.41, 5.74) is 2.13. The third kappa shape index (κ3) is 3.63. The van der Waals surface area contributed by atoms with Gasteiger partial charge < -0.3 is 13.9 Å². The zero-order chi connectivity index (χ0) is 16.8. The van der Waals surface area contributed by atoms with Crippen molar-refractivity contribution < 1.29 is 18.7 Å². The average molecular weight is 323 g/mol. The van der Waals surface area contributed by atoms with Gasteiger partial charge in [-0.05, 0) is 37.3 Å². The molecule has 0 radical (unpaired) electrons. The predicted molar refractivity (Wildman–Crippen MR) is 89.3 cm³/mol. The maximum absolute atomic E-state index is 10.9. The number of hydrogen-bond donors (Lipinski definition) is 0. The molecular formula is C19H17NO4. The molecule has 0 aliphatic rings. The van der Waals surface area contributed by atoms with Gasteiger partial charge in [0.05, 0.1) is 6.61 Å². The Balaban J connectivity index is 1.72. The van der Waals surface area contributed by atoms with Crippen LogP contribution >= 0.6 is 0 Å². The van der Waals surface area contributed by atoms with Gasteiger partial charge in [0.15, 0.2) is 11.5 Å². The van der Waals surface area contributed by atoms with Crippen LogP contribution < -0.4 is 9.47 Å². The molecule has 2 aromatic carbocycles. The number of carbonyl (C=O) groups excluding carboxylic acids is 1. The molecule has 3 rings (SSSR count). The minimum atomic E-state index is 0.247. The van der Waals surface area contributed by atoms with Crippen molar-refractivity contribution in [1.29, 1.82) is 0 Å². The summed E-state index contributed by atoms with van der Waals surface area (Å²) in [5, 5.41) is 0. The lowest BCUT2D eigenvalue weighted by Gasteiger charge is -2.11. The van der Waals surface area contributed by atoms with Gasteiger partial charge in [-0.25, -0.2) is 4.98 Å². The van der Waals surface area contributed by atoms with Gasteiger partial charge in [0.1, 0.15) is 24.9 Å². The van der Waals surface area contributed by atoms with E-state index in [1.54, 1.807) is 24.5 Å². The van der Waals surface area contributed by atoms with Gasteiger partial charge in [-0.15, -0.1) is 0 Å². The molecular weight excluding hydrogens is 306 g/mol. The van der Waals surface area contributed by atoms with Crippen molar-refractivity contribution in [1.82, 2.24) is 4.98 Å². The van der Waals surface area contributed by atoms with E-state index in [4.69, 9.17) is 13.9 Å². The van der Waals surface area contributed by atoms with E-state index in [0.717, 1.165) is 11.8 Å². The van der Waals surface area contributed by atoms with E-state index >= 15 is 0 Å². The number of oxazole rings is 1. The van der Waals surface area contributed by atoms with E-state index in [1.165, 1.54) is 0 Å². The van der Waals surface area contributed by atoms with E-state index in [1.807, 2.05) is 37.3 Å². The summed E-state index contributed by atoms with van der Waals surface area (Å²) in [6, 6.07) is 14.7. The Morgan fingerprint density at radius 2 is 1.92 bits per heavy atom. The van der Waals surface area contributed by atoms with Gasteiger partial charge in [-0.1, -0.05) is 18.2 Å². The fraction of sp³-hybridized carbons (Fsp3) is 0.158. The Hall–Kier alpha value is -3.08. The van der Waals surface area contributed by atoms with Crippen LogP contribution in [0.4, 0.5) is 0 Å². The van der Waals surface area contributed by atoms with Gasteiger partial charge >= 0.3 is 0 Å². The molecule has 24 heavy (non-hydrogen) atoms. The highest BCUT2D eigenvalue weighted by molar-refractivity contribution is 5.76. The predicted octanol–water partition coefficient (Wildman–Crippen LogP) is 4.13. The molecule has 5 nitrogen and oxygen atoms in total. The molecule has 0 bridgehead atoms. The summed E-state index contributed by atoms with van der Waals surface area (Å²) in [6.07, 6.45) is 2.35. The molecule has 122 valence electrons. The Morgan fingerprint density at radius 1 is 1.08 bits per heavy atom. The smallest absolute Gasteiger partial charge is 0.226 e. The van der Waals surface area contributed by atoms with Crippen LogP contribution in [0, 0.1) is 0 Å². The van der Waals surface area contributed by atoms with Crippen LogP contribution in [0.2, 0.25) is 0 Å². The Bertz CT molecular complexity index is 811. The lowest BCUT2D eigenvalue weighted by atomic mass is 10.2. The molecule has 0 fully saturated rings. The minimum absolute atomic E-state index is 0.247. The first-order chi connectivity index (χ1) is 11.8. The molecule has 0 aliphatic carbocycles. The van der Waals surface area contributed by atoms with Crippen molar-refractivity contribution in [2.24, 2.45) is 0 Å². The van der Waals surface area contributed by atoms with Crippen LogP contribution in [0.3, 0.4) is 0 Å². The number of benzene rings is 2. The van der Waals surface area contributed by atoms with Gasteiger partial charge in [0.2, 0.25) is 5.89 Å². The summed E-state index contributed by atoms with van der Waals surface area (Å²) in [7, 11) is 0. The van der Waals surface area contributed by atoms with Crippen molar-refractivity contribution in [2.75, 3.05) is 6.61 Å². The highest BCUT2D eigenvalue weighted by Crippen LogP contribution is 2.29. The SMILES string of the molecule is CCOc1cc(C=O)ccc1OCc1coc(-c2ccccc2)n1. The zero-order valence-corrected chi connectivity index (χ0v) is 13.3. The third-order valence-corrected chi connectivity index (χ3v) is 3.35. The molecule has 0 saturated heterocycles. The molecule has 0 amide bonds. The first-order valence-electron chi connectivity index (χ1n) is 7.65. The van der Waals surface area contributed by atoms with E-state index in [0.29, 0.717) is 35.3 Å². The van der Waals surface area contributed by atoms with Crippen LogP contribution in [0.25, 0.3) is 11.5 Å². The molecule has 0 saturated carbocycles. The quantitative estimate of drug-likeness (QED) is 0.612. The second-order valence-electron chi connectivity index (χ2n) is 5.06. The van der Waals surface area contributed by atoms with E-state index in [2.05, 4.69) is 4.98 Å². The van der Waals surface area contributed by atoms with Crippen molar-refractivity contribution in [2.45, 2.75) is 13.5 Å². The number of ether oxygens (including phenoxy) is 2. The van der Waals surface area contributed by atoms with Gasteiger partial charge in [-0.2, -0.15) is 0 Å². The first kappa shape index (κ1) is 15.8. The molecule has 0 spiro atoms. The number of carbonyl (C=O) groups is 1. The molecule has 0 aliphatic heterocycles. The van der Waals surface area contributed by atoms with Gasteiger partial charge in [0.25, 0.3) is 0 Å². The highest BCUT2D eigenvalue weighted by Gasteiger charge is 2.10. The highest BCUT2D eigenvalue weighted by atomic mass is 16.5. The third-order valence-electron chi connectivity index (χ3n) is 3.35. The largest absolute Gasteiger partial charge is 0.490 e. The van der Waals surface area contributed by atoms with Crippen molar-refractivity contribution in [3.05, 3.63) is 66.1 Å². The van der Waals surface area contributed by atoms with Gasteiger partial charge in [-0.3, -0.25) is 4.79 Å². The Kier molecular flexibility index (Phi) is 4.91. The fourth-order valence-electron chi connectivity index (χ4n) is 2.22. The average Bonchev–Trinajstić information content (AvgIpc) is 3.10. The molecule has 5 heteroatoms. The topological polar surface area (TPSA) is 61.6 Å². The molecule has 1 aromatic heterocycles. The van der Waals surface area contributed by atoms with Crippen LogP contribution in [0.5, 0.6) is 11.5 Å². The van der Waals surface area contributed by atoms with Crippen LogP contribution in [0.15, 0.2) is 59.2 Å². The molecule has 0 unspecified atom stereocenters. The number of hydrogen-bond acceptors (Lipinski definition) is 5. The van der Waals surface area contributed by atoms with Crippen molar-refractivity contribution in [3.63, 3.8) is 0 Å². The molecule has 0 atom stereocenters. The monoisotopic (exact) mass is 323 g/mol. The van der Waals surface area contributed by atoms with E-state index < -0.39 is 0 Å². The van der Waals surface area contributed by atoms with Gasteiger partial charge in [0, 0.05) is 11.1 Å². The lowest BCUT2D eigenvalue weighted by Crippen LogP contribution is -2.00. The second kappa shape index (κ2) is 7.46. The maximum Gasteiger partial charge on any atom is 0.226 e. The summed E-state index contributed by atoms with van der Waals surface area (Å²) in [4.78, 5) is 15.3. The second-order valence-corrected chi connectivity index (χ2v) is 5.06. The van der Waals surface area contributed by atoms with Crippen molar-refractivity contribution in [3.8, 4) is 23.0 Å². The Morgan fingerprint density at radius 3 is 2.67 bits per heavy atom. The van der Waals surface area contributed by atoms with Crippen LogP contribution in [0.1, 0.15) is 23.0 Å².